The van der Waals surface area contributed by atoms with Crippen LogP contribution in [0.5, 0.6) is 0 Å². The Kier molecular flexibility index (Phi) is 2.97. The van der Waals surface area contributed by atoms with Crippen LogP contribution in [0.1, 0.15) is 20.8 Å². The second kappa shape index (κ2) is 4.00. The van der Waals surface area contributed by atoms with Crippen molar-refractivity contribution in [3.63, 3.8) is 0 Å². The van der Waals surface area contributed by atoms with Crippen molar-refractivity contribution in [1.82, 2.24) is 4.98 Å². The number of aromatic nitrogens is 1. The second-order valence-corrected chi connectivity index (χ2v) is 2.61. The van der Waals surface area contributed by atoms with E-state index in [9.17, 15) is 9.59 Å². The first-order valence-electron chi connectivity index (χ1n) is 3.38. The summed E-state index contributed by atoms with van der Waals surface area (Å²) < 4.78 is 4.42. The fraction of sp³-hybridized carbons (Fsp3) is 0.125. The Morgan fingerprint density at radius 2 is 2.38 bits per heavy atom. The minimum absolute atomic E-state index is 0.0816. The fourth-order valence-corrected chi connectivity index (χ4v) is 0.941. The van der Waals surface area contributed by atoms with Crippen LogP contribution >= 0.6 is 11.6 Å². The zero-order chi connectivity index (χ0) is 9.84. The standard InChI is InChI=1S/C8H6ClNO3/c1-13-8(12)7-2-6(9)5(4-11)3-10-7/h2-4H,1H3. The fourth-order valence-electron chi connectivity index (χ4n) is 0.744. The van der Waals surface area contributed by atoms with E-state index in [0.717, 1.165) is 0 Å². The van der Waals surface area contributed by atoms with Gasteiger partial charge in [-0.25, -0.2) is 9.78 Å². The molecule has 68 valence electrons. The molecule has 0 aliphatic rings. The van der Waals surface area contributed by atoms with Crippen LogP contribution in [0.25, 0.3) is 0 Å². The van der Waals surface area contributed by atoms with Crippen molar-refractivity contribution in [3.8, 4) is 0 Å². The predicted octanol–water partition coefficient (Wildman–Crippen LogP) is 1.33. The molecule has 0 amide bonds. The summed E-state index contributed by atoms with van der Waals surface area (Å²) in [6.07, 6.45) is 1.79. The van der Waals surface area contributed by atoms with Gasteiger partial charge in [-0.15, -0.1) is 0 Å². The summed E-state index contributed by atoms with van der Waals surface area (Å²) in [6.45, 7) is 0. The summed E-state index contributed by atoms with van der Waals surface area (Å²) in [5.74, 6) is -0.584. The number of methoxy groups -OCH3 is 1. The van der Waals surface area contributed by atoms with E-state index >= 15 is 0 Å². The molecule has 0 atom stereocenters. The summed E-state index contributed by atoms with van der Waals surface area (Å²) in [7, 11) is 1.24. The van der Waals surface area contributed by atoms with Crippen LogP contribution in [0.2, 0.25) is 5.02 Å². The molecule has 13 heavy (non-hydrogen) atoms. The first-order valence-corrected chi connectivity index (χ1v) is 3.76. The van der Waals surface area contributed by atoms with Crippen molar-refractivity contribution in [3.05, 3.63) is 28.5 Å². The van der Waals surface area contributed by atoms with Crippen molar-refractivity contribution >= 4 is 23.9 Å². The lowest BCUT2D eigenvalue weighted by Crippen LogP contribution is -2.04. The molecule has 5 heteroatoms. The molecule has 1 rings (SSSR count). The van der Waals surface area contributed by atoms with Crippen LogP contribution in [0.3, 0.4) is 0 Å². The van der Waals surface area contributed by atoms with Crippen LogP contribution in [-0.2, 0) is 4.74 Å². The van der Waals surface area contributed by atoms with E-state index in [0.29, 0.717) is 6.29 Å². The zero-order valence-corrected chi connectivity index (χ0v) is 7.54. The average molecular weight is 200 g/mol. The number of pyridine rings is 1. The number of carbonyl (C=O) groups is 2. The lowest BCUT2D eigenvalue weighted by molar-refractivity contribution is 0.0593. The molecule has 0 aliphatic carbocycles. The molecule has 0 aliphatic heterocycles. The quantitative estimate of drug-likeness (QED) is 0.533. The molecular weight excluding hydrogens is 194 g/mol. The van der Waals surface area contributed by atoms with Gasteiger partial charge in [-0.3, -0.25) is 4.79 Å². The van der Waals surface area contributed by atoms with E-state index in [2.05, 4.69) is 9.72 Å². The van der Waals surface area contributed by atoms with Gasteiger partial charge in [-0.05, 0) is 6.07 Å². The van der Waals surface area contributed by atoms with E-state index in [1.54, 1.807) is 0 Å². The van der Waals surface area contributed by atoms with Gasteiger partial charge in [0, 0.05) is 6.20 Å². The highest BCUT2D eigenvalue weighted by Crippen LogP contribution is 2.14. The maximum absolute atomic E-state index is 10.9. The van der Waals surface area contributed by atoms with Gasteiger partial charge in [-0.2, -0.15) is 0 Å². The maximum atomic E-state index is 10.9. The van der Waals surface area contributed by atoms with Crippen LogP contribution in [-0.4, -0.2) is 24.3 Å². The van der Waals surface area contributed by atoms with Gasteiger partial charge in [0.2, 0.25) is 0 Å². The molecule has 0 radical (unpaired) electrons. The third-order valence-electron chi connectivity index (χ3n) is 1.40. The average Bonchev–Trinajstić information content (AvgIpc) is 2.16. The normalized spacial score (nSPS) is 9.38. The number of nitrogens with zero attached hydrogens (tertiary/aromatic N) is 1. The molecule has 1 heterocycles. The monoisotopic (exact) mass is 199 g/mol. The lowest BCUT2D eigenvalue weighted by atomic mass is 10.2. The zero-order valence-electron chi connectivity index (χ0n) is 6.78. The Morgan fingerprint density at radius 1 is 1.69 bits per heavy atom. The van der Waals surface area contributed by atoms with E-state index < -0.39 is 5.97 Å². The van der Waals surface area contributed by atoms with E-state index in [-0.39, 0.29) is 16.3 Å². The summed E-state index contributed by atoms with van der Waals surface area (Å²) in [4.78, 5) is 25.0. The molecule has 0 saturated carbocycles. The third-order valence-corrected chi connectivity index (χ3v) is 1.73. The molecule has 0 fully saturated rings. The minimum Gasteiger partial charge on any atom is -0.464 e. The molecule has 0 saturated heterocycles. The van der Waals surface area contributed by atoms with Crippen molar-refractivity contribution in [2.24, 2.45) is 0 Å². The van der Waals surface area contributed by atoms with E-state index in [1.807, 2.05) is 0 Å². The number of hydrogen-bond acceptors (Lipinski definition) is 4. The number of carbonyl (C=O) groups excluding carboxylic acids is 2. The molecule has 1 aromatic heterocycles. The SMILES string of the molecule is COC(=O)c1cc(Cl)c(C=O)cn1. The Balaban J connectivity index is 3.09. The Labute approximate surface area is 79.5 Å². The largest absolute Gasteiger partial charge is 0.464 e. The van der Waals surface area contributed by atoms with Gasteiger partial charge in [0.25, 0.3) is 0 Å². The van der Waals surface area contributed by atoms with Gasteiger partial charge in [0.15, 0.2) is 6.29 Å². The summed E-state index contributed by atoms with van der Waals surface area (Å²) in [5.41, 5.74) is 0.326. The highest BCUT2D eigenvalue weighted by molar-refractivity contribution is 6.33. The van der Waals surface area contributed by atoms with Crippen LogP contribution in [0.4, 0.5) is 0 Å². The number of hydrogen-bond donors (Lipinski definition) is 0. The van der Waals surface area contributed by atoms with Gasteiger partial charge < -0.3 is 4.74 Å². The number of esters is 1. The highest BCUT2D eigenvalue weighted by Gasteiger charge is 2.09. The maximum Gasteiger partial charge on any atom is 0.356 e. The van der Waals surface area contributed by atoms with Gasteiger partial charge in [-0.1, -0.05) is 11.6 Å². The molecule has 0 unspecified atom stereocenters. The first kappa shape index (κ1) is 9.67. The van der Waals surface area contributed by atoms with Gasteiger partial charge >= 0.3 is 5.97 Å². The van der Waals surface area contributed by atoms with Crippen molar-refractivity contribution < 1.29 is 14.3 Å². The first-order chi connectivity index (χ1) is 6.19. The Hall–Kier alpha value is -1.42. The minimum atomic E-state index is -0.584. The number of aldehydes is 1. The topological polar surface area (TPSA) is 56.3 Å². The molecule has 0 aromatic carbocycles. The van der Waals surface area contributed by atoms with Crippen molar-refractivity contribution in [2.45, 2.75) is 0 Å². The van der Waals surface area contributed by atoms with Gasteiger partial charge in [0.05, 0.1) is 17.7 Å². The number of rotatable bonds is 2. The van der Waals surface area contributed by atoms with E-state index in [4.69, 9.17) is 11.6 Å². The Morgan fingerprint density at radius 3 is 2.85 bits per heavy atom. The van der Waals surface area contributed by atoms with Crippen LogP contribution in [0.15, 0.2) is 12.3 Å². The number of ether oxygens (including phenoxy) is 1. The predicted molar refractivity (Wildman–Crippen MR) is 46.0 cm³/mol. The van der Waals surface area contributed by atoms with Crippen molar-refractivity contribution in [2.75, 3.05) is 7.11 Å². The van der Waals surface area contributed by atoms with E-state index in [1.165, 1.54) is 19.4 Å². The highest BCUT2D eigenvalue weighted by atomic mass is 35.5. The van der Waals surface area contributed by atoms with Gasteiger partial charge in [0.1, 0.15) is 5.69 Å². The molecule has 1 aromatic rings. The summed E-state index contributed by atoms with van der Waals surface area (Å²) in [6, 6.07) is 1.29. The number of halogens is 1. The van der Waals surface area contributed by atoms with Crippen LogP contribution < -0.4 is 0 Å². The molecule has 4 nitrogen and oxygen atoms in total. The molecule has 0 bridgehead atoms. The lowest BCUT2D eigenvalue weighted by Gasteiger charge is -1.99. The summed E-state index contributed by atoms with van der Waals surface area (Å²) in [5, 5.41) is 0.186. The van der Waals surface area contributed by atoms with Crippen molar-refractivity contribution in [1.29, 1.82) is 0 Å². The molecule has 0 N–H and O–H groups in total. The van der Waals surface area contributed by atoms with Crippen LogP contribution in [0, 0.1) is 0 Å². The molecule has 0 spiro atoms. The summed E-state index contributed by atoms with van der Waals surface area (Å²) >= 11 is 5.65. The third kappa shape index (κ3) is 2.03. The Bertz CT molecular complexity index is 351. The molecular formula is C8H6ClNO3. The second-order valence-electron chi connectivity index (χ2n) is 2.20. The smallest absolute Gasteiger partial charge is 0.356 e.